The smallest absolute Gasteiger partial charge is 0.251 e. The van der Waals surface area contributed by atoms with Gasteiger partial charge in [0.2, 0.25) is 5.91 Å². The van der Waals surface area contributed by atoms with Crippen LogP contribution in [-0.2, 0) is 11.3 Å². The number of hydrogen-bond acceptors (Lipinski definition) is 3. The number of hydrogen-bond donors (Lipinski definition) is 3. The molecule has 0 atom stereocenters. The monoisotopic (exact) mass is 336 g/mol. The first-order valence-corrected chi connectivity index (χ1v) is 6.72. The number of imidazole rings is 1. The van der Waals surface area contributed by atoms with Gasteiger partial charge in [0, 0.05) is 16.2 Å². The highest BCUT2D eigenvalue weighted by atomic mass is 79.9. The third-order valence-corrected chi connectivity index (χ3v) is 3.02. The minimum atomic E-state index is -0.289. The molecule has 0 aliphatic carbocycles. The van der Waals surface area contributed by atoms with Gasteiger partial charge in [0.15, 0.2) is 0 Å². The summed E-state index contributed by atoms with van der Waals surface area (Å²) in [5, 5.41) is 5.23. The maximum Gasteiger partial charge on any atom is 0.251 e. The molecule has 1 aromatic heterocycles. The summed E-state index contributed by atoms with van der Waals surface area (Å²) in [5.74, 6) is -0.550. The number of H-pyrrole nitrogens is 1. The van der Waals surface area contributed by atoms with Crippen LogP contribution in [0.1, 0.15) is 16.1 Å². The molecule has 0 unspecified atom stereocenters. The molecule has 3 N–H and O–H groups in total. The minimum absolute atomic E-state index is 0.0700. The Kier molecular flexibility index (Phi) is 4.89. The molecule has 6 nitrogen and oxygen atoms in total. The topological polar surface area (TPSA) is 86.9 Å². The van der Waals surface area contributed by atoms with Crippen molar-refractivity contribution in [3.05, 3.63) is 52.5 Å². The van der Waals surface area contributed by atoms with Gasteiger partial charge in [0.1, 0.15) is 0 Å². The van der Waals surface area contributed by atoms with E-state index >= 15 is 0 Å². The van der Waals surface area contributed by atoms with E-state index in [2.05, 4.69) is 36.5 Å². The fraction of sp³-hybridized carbons (Fsp3) is 0.154. The Morgan fingerprint density at radius 2 is 2.15 bits per heavy atom. The number of rotatable bonds is 5. The minimum Gasteiger partial charge on any atom is -0.349 e. The molecule has 7 heteroatoms. The first-order chi connectivity index (χ1) is 9.65. The van der Waals surface area contributed by atoms with Crippen LogP contribution in [0.5, 0.6) is 0 Å². The Hall–Kier alpha value is -2.15. The maximum atomic E-state index is 11.8. The number of benzene rings is 1. The molecule has 0 saturated carbocycles. The van der Waals surface area contributed by atoms with Gasteiger partial charge in [0.25, 0.3) is 5.91 Å². The predicted octanol–water partition coefficient (Wildman–Crippen LogP) is 1.22. The SMILES string of the molecule is O=C(CNC(=O)c1cccc(Br)c1)NCc1cnc[nH]1. The lowest BCUT2D eigenvalue weighted by Gasteiger charge is -2.06. The zero-order valence-electron chi connectivity index (χ0n) is 10.5. The number of carbonyl (C=O) groups is 2. The second-order valence-electron chi connectivity index (χ2n) is 4.05. The second-order valence-corrected chi connectivity index (χ2v) is 4.96. The van der Waals surface area contributed by atoms with E-state index in [0.717, 1.165) is 10.2 Å². The largest absolute Gasteiger partial charge is 0.349 e. The van der Waals surface area contributed by atoms with Crippen molar-refractivity contribution in [1.29, 1.82) is 0 Å². The van der Waals surface area contributed by atoms with Crippen LogP contribution in [0.4, 0.5) is 0 Å². The molecule has 0 spiro atoms. The summed E-state index contributed by atoms with van der Waals surface area (Å²) in [5.41, 5.74) is 1.30. The van der Waals surface area contributed by atoms with Gasteiger partial charge in [-0.2, -0.15) is 0 Å². The van der Waals surface area contributed by atoms with Gasteiger partial charge < -0.3 is 15.6 Å². The van der Waals surface area contributed by atoms with Crippen molar-refractivity contribution in [2.24, 2.45) is 0 Å². The summed E-state index contributed by atoms with van der Waals surface area (Å²) < 4.78 is 0.814. The molecule has 0 radical (unpaired) electrons. The van der Waals surface area contributed by atoms with Crippen molar-refractivity contribution < 1.29 is 9.59 Å². The van der Waals surface area contributed by atoms with Gasteiger partial charge in [-0.3, -0.25) is 9.59 Å². The highest BCUT2D eigenvalue weighted by Gasteiger charge is 2.08. The van der Waals surface area contributed by atoms with Gasteiger partial charge in [-0.25, -0.2) is 4.98 Å². The van der Waals surface area contributed by atoms with E-state index in [9.17, 15) is 9.59 Å². The number of aromatic nitrogens is 2. The Labute approximate surface area is 124 Å². The Balaban J connectivity index is 1.77. The van der Waals surface area contributed by atoms with E-state index in [1.54, 1.807) is 24.4 Å². The molecule has 20 heavy (non-hydrogen) atoms. The van der Waals surface area contributed by atoms with Crippen LogP contribution in [0, 0.1) is 0 Å². The van der Waals surface area contributed by atoms with Crippen molar-refractivity contribution in [1.82, 2.24) is 20.6 Å². The summed E-state index contributed by atoms with van der Waals surface area (Å²) in [7, 11) is 0. The molecule has 2 rings (SSSR count). The molecule has 1 heterocycles. The number of amides is 2. The number of carbonyl (C=O) groups excluding carboxylic acids is 2. The lowest BCUT2D eigenvalue weighted by atomic mass is 10.2. The van der Waals surface area contributed by atoms with Crippen LogP contribution < -0.4 is 10.6 Å². The number of halogens is 1. The van der Waals surface area contributed by atoms with Crippen LogP contribution >= 0.6 is 15.9 Å². The first-order valence-electron chi connectivity index (χ1n) is 5.93. The Morgan fingerprint density at radius 1 is 1.30 bits per heavy atom. The third kappa shape index (κ3) is 4.20. The molecule has 0 aliphatic rings. The predicted molar refractivity (Wildman–Crippen MR) is 76.9 cm³/mol. The van der Waals surface area contributed by atoms with Gasteiger partial charge in [-0.05, 0) is 18.2 Å². The molecule has 0 bridgehead atoms. The molecule has 0 aliphatic heterocycles. The molecule has 2 aromatic rings. The first kappa shape index (κ1) is 14.3. The molecule has 1 aromatic carbocycles. The van der Waals surface area contributed by atoms with Gasteiger partial charge in [-0.15, -0.1) is 0 Å². The molecular weight excluding hydrogens is 324 g/mol. The van der Waals surface area contributed by atoms with E-state index in [4.69, 9.17) is 0 Å². The maximum absolute atomic E-state index is 11.8. The lowest BCUT2D eigenvalue weighted by molar-refractivity contribution is -0.120. The highest BCUT2D eigenvalue weighted by Crippen LogP contribution is 2.11. The number of aromatic amines is 1. The van der Waals surface area contributed by atoms with Gasteiger partial charge in [-0.1, -0.05) is 22.0 Å². The fourth-order valence-electron chi connectivity index (χ4n) is 1.53. The van der Waals surface area contributed by atoms with E-state index in [1.807, 2.05) is 6.07 Å². The normalized spacial score (nSPS) is 10.1. The van der Waals surface area contributed by atoms with Crippen LogP contribution in [0.15, 0.2) is 41.3 Å². The molecule has 104 valence electrons. The summed E-state index contributed by atoms with van der Waals surface area (Å²) >= 11 is 3.29. The average molecular weight is 337 g/mol. The van der Waals surface area contributed by atoms with Crippen molar-refractivity contribution in [3.8, 4) is 0 Å². The van der Waals surface area contributed by atoms with Crippen LogP contribution in [0.2, 0.25) is 0 Å². The number of nitrogens with one attached hydrogen (secondary N) is 3. The third-order valence-electron chi connectivity index (χ3n) is 2.53. The van der Waals surface area contributed by atoms with E-state index in [0.29, 0.717) is 12.1 Å². The van der Waals surface area contributed by atoms with Gasteiger partial charge >= 0.3 is 0 Å². The van der Waals surface area contributed by atoms with E-state index in [-0.39, 0.29) is 18.4 Å². The summed E-state index contributed by atoms with van der Waals surface area (Å²) in [6.45, 7) is 0.283. The van der Waals surface area contributed by atoms with Gasteiger partial charge in [0.05, 0.1) is 25.1 Å². The summed E-state index contributed by atoms with van der Waals surface area (Å²) in [4.78, 5) is 30.1. The zero-order chi connectivity index (χ0) is 14.4. The fourth-order valence-corrected chi connectivity index (χ4v) is 1.93. The van der Waals surface area contributed by atoms with Crippen LogP contribution in [-0.4, -0.2) is 28.3 Å². The highest BCUT2D eigenvalue weighted by molar-refractivity contribution is 9.10. The summed E-state index contributed by atoms with van der Waals surface area (Å²) in [6, 6.07) is 6.96. The average Bonchev–Trinajstić information content (AvgIpc) is 2.95. The molecular formula is C13H13BrN4O2. The van der Waals surface area contributed by atoms with Crippen molar-refractivity contribution in [2.45, 2.75) is 6.54 Å². The van der Waals surface area contributed by atoms with Crippen molar-refractivity contribution in [2.75, 3.05) is 6.54 Å². The number of nitrogens with zero attached hydrogens (tertiary/aromatic N) is 1. The molecule has 2 amide bonds. The lowest BCUT2D eigenvalue weighted by Crippen LogP contribution is -2.36. The Morgan fingerprint density at radius 3 is 2.85 bits per heavy atom. The van der Waals surface area contributed by atoms with Crippen LogP contribution in [0.3, 0.4) is 0 Å². The second kappa shape index (κ2) is 6.85. The Bertz CT molecular complexity index is 598. The molecule has 0 saturated heterocycles. The molecule has 0 fully saturated rings. The van der Waals surface area contributed by atoms with Crippen LogP contribution in [0.25, 0.3) is 0 Å². The standard InChI is InChI=1S/C13H13BrN4O2/c14-10-3-1-2-9(4-10)13(20)17-7-12(19)16-6-11-5-15-8-18-11/h1-5,8H,6-7H2,(H,15,18)(H,16,19)(H,17,20). The quantitative estimate of drug-likeness (QED) is 0.767. The van der Waals surface area contributed by atoms with E-state index < -0.39 is 0 Å². The zero-order valence-corrected chi connectivity index (χ0v) is 12.1. The van der Waals surface area contributed by atoms with Crippen molar-refractivity contribution in [3.63, 3.8) is 0 Å². The van der Waals surface area contributed by atoms with E-state index in [1.165, 1.54) is 6.33 Å². The summed E-state index contributed by atoms with van der Waals surface area (Å²) in [6.07, 6.45) is 3.16. The van der Waals surface area contributed by atoms with Crippen molar-refractivity contribution >= 4 is 27.7 Å².